The van der Waals surface area contributed by atoms with E-state index in [0.29, 0.717) is 11.9 Å². The molecule has 1 aromatic carbocycles. The van der Waals surface area contributed by atoms with Gasteiger partial charge in [-0.2, -0.15) is 0 Å². The van der Waals surface area contributed by atoms with Crippen molar-refractivity contribution in [2.45, 2.75) is 50.2 Å². The number of hydrogen-bond donors (Lipinski definition) is 1. The molecular formula is C15H20ClNO2. The van der Waals surface area contributed by atoms with Crippen molar-refractivity contribution < 1.29 is 9.47 Å². The van der Waals surface area contributed by atoms with Gasteiger partial charge in [-0.3, -0.25) is 0 Å². The summed E-state index contributed by atoms with van der Waals surface area (Å²) in [5.41, 5.74) is 7.19. The van der Waals surface area contributed by atoms with Gasteiger partial charge in [0.15, 0.2) is 11.5 Å². The summed E-state index contributed by atoms with van der Waals surface area (Å²) in [6.07, 6.45) is 6.80. The van der Waals surface area contributed by atoms with Crippen LogP contribution in [0.3, 0.4) is 0 Å². The molecule has 0 saturated heterocycles. The van der Waals surface area contributed by atoms with Gasteiger partial charge in [0.1, 0.15) is 0 Å². The van der Waals surface area contributed by atoms with E-state index in [2.05, 4.69) is 0 Å². The van der Waals surface area contributed by atoms with Gasteiger partial charge in [0.25, 0.3) is 0 Å². The number of hydrogen-bond acceptors (Lipinski definition) is 3. The summed E-state index contributed by atoms with van der Waals surface area (Å²) in [6, 6.07) is 3.85. The van der Waals surface area contributed by atoms with Crippen LogP contribution in [0.15, 0.2) is 12.1 Å². The molecule has 0 bridgehead atoms. The van der Waals surface area contributed by atoms with E-state index in [4.69, 9.17) is 26.8 Å². The van der Waals surface area contributed by atoms with Crippen LogP contribution in [0.1, 0.15) is 37.7 Å². The Labute approximate surface area is 119 Å². The van der Waals surface area contributed by atoms with Crippen molar-refractivity contribution in [3.8, 4) is 11.5 Å². The number of nitrogens with two attached hydrogens (primary N) is 1. The molecule has 0 aromatic heterocycles. The quantitative estimate of drug-likeness (QED) is 0.900. The third-order valence-corrected chi connectivity index (χ3v) is 4.47. The van der Waals surface area contributed by atoms with Crippen LogP contribution in [-0.4, -0.2) is 18.8 Å². The highest BCUT2D eigenvalue weighted by molar-refractivity contribution is 6.31. The first kappa shape index (κ1) is 13.1. The van der Waals surface area contributed by atoms with E-state index < -0.39 is 0 Å². The van der Waals surface area contributed by atoms with Gasteiger partial charge in [-0.15, -0.1) is 0 Å². The molecule has 3 rings (SSSR count). The number of benzene rings is 1. The maximum absolute atomic E-state index is 6.31. The molecule has 104 valence electrons. The van der Waals surface area contributed by atoms with Crippen molar-refractivity contribution in [3.63, 3.8) is 0 Å². The molecule has 3 nitrogen and oxygen atoms in total. The molecule has 0 amide bonds. The topological polar surface area (TPSA) is 44.5 Å². The molecule has 2 N–H and O–H groups in total. The Morgan fingerprint density at radius 1 is 1.32 bits per heavy atom. The van der Waals surface area contributed by atoms with Gasteiger partial charge in [0.05, 0.1) is 13.2 Å². The van der Waals surface area contributed by atoms with E-state index in [-0.39, 0.29) is 5.54 Å². The normalized spacial score (nSPS) is 20.8. The summed E-state index contributed by atoms with van der Waals surface area (Å²) in [5.74, 6) is 1.51. The molecule has 2 aliphatic rings. The summed E-state index contributed by atoms with van der Waals surface area (Å²) >= 11 is 6.31. The average Bonchev–Trinajstić information content (AvgIpc) is 3.05. The molecule has 2 aliphatic carbocycles. The van der Waals surface area contributed by atoms with Crippen LogP contribution < -0.4 is 15.2 Å². The Morgan fingerprint density at radius 2 is 2.05 bits per heavy atom. The van der Waals surface area contributed by atoms with Gasteiger partial charge in [-0.25, -0.2) is 0 Å². The standard InChI is InChI=1S/C15H20ClNO2/c1-18-13-8-12(16)10(9-15(17)5-6-15)7-14(13)19-11-3-2-4-11/h7-8,11H,2-6,9,17H2,1H3. The number of ether oxygens (including phenoxy) is 2. The molecule has 0 aliphatic heterocycles. The third kappa shape index (κ3) is 2.82. The van der Waals surface area contributed by atoms with E-state index >= 15 is 0 Å². The monoisotopic (exact) mass is 281 g/mol. The van der Waals surface area contributed by atoms with Gasteiger partial charge >= 0.3 is 0 Å². The van der Waals surface area contributed by atoms with E-state index in [1.807, 2.05) is 12.1 Å². The molecule has 0 radical (unpaired) electrons. The highest BCUT2D eigenvalue weighted by Crippen LogP contribution is 2.41. The lowest BCUT2D eigenvalue weighted by Gasteiger charge is -2.27. The second-order valence-corrected chi connectivity index (χ2v) is 6.21. The van der Waals surface area contributed by atoms with Crippen LogP contribution in [0.25, 0.3) is 0 Å². The molecule has 1 aromatic rings. The Balaban J connectivity index is 1.84. The van der Waals surface area contributed by atoms with Crippen LogP contribution in [-0.2, 0) is 6.42 Å². The summed E-state index contributed by atoms with van der Waals surface area (Å²) in [6.45, 7) is 0. The zero-order valence-corrected chi connectivity index (χ0v) is 12.0. The lowest BCUT2D eigenvalue weighted by atomic mass is 9.96. The van der Waals surface area contributed by atoms with Crippen molar-refractivity contribution in [2.75, 3.05) is 7.11 Å². The molecule has 0 atom stereocenters. The summed E-state index contributed by atoms with van der Waals surface area (Å²) in [5, 5.41) is 0.717. The van der Waals surface area contributed by atoms with Crippen LogP contribution in [0.5, 0.6) is 11.5 Å². The van der Waals surface area contributed by atoms with Crippen molar-refractivity contribution in [2.24, 2.45) is 5.73 Å². The van der Waals surface area contributed by atoms with E-state index in [1.54, 1.807) is 7.11 Å². The Hall–Kier alpha value is -0.930. The van der Waals surface area contributed by atoms with Crippen molar-refractivity contribution in [1.29, 1.82) is 0 Å². The zero-order chi connectivity index (χ0) is 13.5. The fourth-order valence-corrected chi connectivity index (χ4v) is 2.57. The van der Waals surface area contributed by atoms with Gasteiger partial charge < -0.3 is 15.2 Å². The average molecular weight is 282 g/mol. The lowest BCUT2D eigenvalue weighted by molar-refractivity contribution is 0.116. The molecule has 4 heteroatoms. The molecular weight excluding hydrogens is 262 g/mol. The smallest absolute Gasteiger partial charge is 0.162 e. The minimum absolute atomic E-state index is 0.0496. The van der Waals surface area contributed by atoms with E-state index in [9.17, 15) is 0 Å². The fraction of sp³-hybridized carbons (Fsp3) is 0.600. The van der Waals surface area contributed by atoms with Crippen LogP contribution in [0.4, 0.5) is 0 Å². The lowest BCUT2D eigenvalue weighted by Crippen LogP contribution is -2.26. The van der Waals surface area contributed by atoms with Crippen LogP contribution in [0.2, 0.25) is 5.02 Å². The first-order chi connectivity index (χ1) is 9.09. The van der Waals surface area contributed by atoms with Gasteiger partial charge in [0.2, 0.25) is 0 Å². The molecule has 0 heterocycles. The maximum atomic E-state index is 6.31. The van der Waals surface area contributed by atoms with Gasteiger partial charge in [-0.1, -0.05) is 11.6 Å². The Morgan fingerprint density at radius 3 is 2.58 bits per heavy atom. The molecule has 2 fully saturated rings. The third-order valence-electron chi connectivity index (χ3n) is 4.11. The summed E-state index contributed by atoms with van der Waals surface area (Å²) in [4.78, 5) is 0. The Bertz CT molecular complexity index is 481. The zero-order valence-electron chi connectivity index (χ0n) is 11.2. The van der Waals surface area contributed by atoms with Gasteiger partial charge in [-0.05, 0) is 50.2 Å². The number of rotatable bonds is 5. The first-order valence-electron chi connectivity index (χ1n) is 6.92. The second-order valence-electron chi connectivity index (χ2n) is 5.80. The Kier molecular flexibility index (Phi) is 3.35. The number of halogens is 1. The molecule has 0 spiro atoms. The van der Waals surface area contributed by atoms with Crippen LogP contribution >= 0.6 is 11.6 Å². The minimum Gasteiger partial charge on any atom is -0.493 e. The SMILES string of the molecule is COc1cc(Cl)c(CC2(N)CC2)cc1OC1CCC1. The maximum Gasteiger partial charge on any atom is 0.162 e. The first-order valence-corrected chi connectivity index (χ1v) is 7.29. The van der Waals surface area contributed by atoms with E-state index in [0.717, 1.165) is 48.4 Å². The molecule has 19 heavy (non-hydrogen) atoms. The van der Waals surface area contributed by atoms with Crippen LogP contribution in [0, 0.1) is 0 Å². The predicted molar refractivity (Wildman–Crippen MR) is 76.1 cm³/mol. The molecule has 0 unspecified atom stereocenters. The second kappa shape index (κ2) is 4.88. The fourth-order valence-electron chi connectivity index (χ4n) is 2.35. The van der Waals surface area contributed by atoms with E-state index in [1.165, 1.54) is 6.42 Å². The predicted octanol–water partition coefficient (Wildman–Crippen LogP) is 3.31. The summed E-state index contributed by atoms with van der Waals surface area (Å²) in [7, 11) is 1.64. The summed E-state index contributed by atoms with van der Waals surface area (Å²) < 4.78 is 11.3. The van der Waals surface area contributed by atoms with Crippen molar-refractivity contribution in [3.05, 3.63) is 22.7 Å². The molecule has 2 saturated carbocycles. The van der Waals surface area contributed by atoms with Crippen molar-refractivity contribution in [1.82, 2.24) is 0 Å². The number of methoxy groups -OCH3 is 1. The highest BCUT2D eigenvalue weighted by atomic mass is 35.5. The largest absolute Gasteiger partial charge is 0.493 e. The van der Waals surface area contributed by atoms with Crippen molar-refractivity contribution >= 4 is 11.6 Å². The highest BCUT2D eigenvalue weighted by Gasteiger charge is 2.38. The van der Waals surface area contributed by atoms with Gasteiger partial charge in [0, 0.05) is 16.6 Å². The minimum atomic E-state index is -0.0496.